The van der Waals surface area contributed by atoms with Crippen molar-refractivity contribution in [1.82, 2.24) is 5.32 Å². The summed E-state index contributed by atoms with van der Waals surface area (Å²) >= 11 is 0. The zero-order valence-corrected chi connectivity index (χ0v) is 14.3. The molecule has 0 aromatic heterocycles. The van der Waals surface area contributed by atoms with Crippen molar-refractivity contribution < 1.29 is 23.9 Å². The molecule has 1 rings (SSSR count). The van der Waals surface area contributed by atoms with E-state index in [2.05, 4.69) is 26.1 Å². The normalized spacial score (nSPS) is 10.8. The summed E-state index contributed by atoms with van der Waals surface area (Å²) in [5.41, 5.74) is 6.13. The molecule has 0 aliphatic heterocycles. The lowest BCUT2D eigenvalue weighted by Gasteiger charge is -2.19. The fourth-order valence-electron chi connectivity index (χ4n) is 1.76. The molecule has 0 atom stereocenters. The van der Waals surface area contributed by atoms with Crippen LogP contribution in [-0.4, -0.2) is 37.5 Å². The Morgan fingerprint density at radius 3 is 2.29 bits per heavy atom. The lowest BCUT2D eigenvalue weighted by Crippen LogP contribution is -2.36. The maximum absolute atomic E-state index is 11.5. The van der Waals surface area contributed by atoms with Crippen LogP contribution in [0.4, 0.5) is 0 Å². The van der Waals surface area contributed by atoms with Gasteiger partial charge in [0.2, 0.25) is 5.91 Å². The molecule has 2 amide bonds. The van der Waals surface area contributed by atoms with Crippen molar-refractivity contribution in [2.75, 3.05) is 19.8 Å². The van der Waals surface area contributed by atoms with Crippen LogP contribution in [0.5, 0.6) is 5.75 Å². The SMILES string of the molecule is CC(C)(C)c1ccc(OCCC(=O)OCC(=O)NCC(N)=O)cc1. The Bertz CT molecular complexity index is 576. The number of benzene rings is 1. The summed E-state index contributed by atoms with van der Waals surface area (Å²) in [6.45, 7) is 5.78. The van der Waals surface area contributed by atoms with Crippen molar-refractivity contribution in [2.24, 2.45) is 5.73 Å². The molecule has 0 aliphatic rings. The second kappa shape index (κ2) is 8.90. The number of hydrogen-bond donors (Lipinski definition) is 2. The van der Waals surface area contributed by atoms with Gasteiger partial charge in [-0.3, -0.25) is 14.4 Å². The fourth-order valence-corrected chi connectivity index (χ4v) is 1.76. The number of nitrogens with one attached hydrogen (secondary N) is 1. The van der Waals surface area contributed by atoms with E-state index in [9.17, 15) is 14.4 Å². The van der Waals surface area contributed by atoms with Crippen LogP contribution in [0.25, 0.3) is 0 Å². The van der Waals surface area contributed by atoms with E-state index < -0.39 is 24.4 Å². The van der Waals surface area contributed by atoms with Crippen LogP contribution in [0.3, 0.4) is 0 Å². The number of amides is 2. The minimum absolute atomic E-state index is 0.0180. The number of hydrogen-bond acceptors (Lipinski definition) is 5. The Balaban J connectivity index is 2.26. The zero-order valence-electron chi connectivity index (χ0n) is 14.3. The molecule has 132 valence electrons. The minimum Gasteiger partial charge on any atom is -0.493 e. The molecule has 24 heavy (non-hydrogen) atoms. The first kappa shape index (κ1) is 19.5. The van der Waals surface area contributed by atoms with Gasteiger partial charge in [0.05, 0.1) is 19.6 Å². The third-order valence-electron chi connectivity index (χ3n) is 3.12. The molecule has 7 nitrogen and oxygen atoms in total. The quantitative estimate of drug-likeness (QED) is 0.686. The third kappa shape index (κ3) is 7.62. The lowest BCUT2D eigenvalue weighted by atomic mass is 9.87. The van der Waals surface area contributed by atoms with Gasteiger partial charge in [-0.05, 0) is 23.1 Å². The highest BCUT2D eigenvalue weighted by Crippen LogP contribution is 2.24. The number of primary amides is 1. The van der Waals surface area contributed by atoms with Crippen molar-refractivity contribution in [2.45, 2.75) is 32.6 Å². The van der Waals surface area contributed by atoms with Crippen molar-refractivity contribution in [3.8, 4) is 5.75 Å². The van der Waals surface area contributed by atoms with Crippen molar-refractivity contribution in [3.63, 3.8) is 0 Å². The fraction of sp³-hybridized carbons (Fsp3) is 0.471. The van der Waals surface area contributed by atoms with Gasteiger partial charge in [-0.15, -0.1) is 0 Å². The summed E-state index contributed by atoms with van der Waals surface area (Å²) in [6.07, 6.45) is 0.0180. The highest BCUT2D eigenvalue weighted by atomic mass is 16.5. The van der Waals surface area contributed by atoms with E-state index in [-0.39, 0.29) is 25.0 Å². The Hall–Kier alpha value is -2.57. The van der Waals surface area contributed by atoms with E-state index in [0.717, 1.165) is 0 Å². The number of ether oxygens (including phenoxy) is 2. The molecular weight excluding hydrogens is 312 g/mol. The molecule has 0 unspecified atom stereocenters. The van der Waals surface area contributed by atoms with Gasteiger partial charge in [-0.25, -0.2) is 0 Å². The smallest absolute Gasteiger partial charge is 0.309 e. The van der Waals surface area contributed by atoms with Gasteiger partial charge in [-0.1, -0.05) is 32.9 Å². The van der Waals surface area contributed by atoms with Crippen LogP contribution >= 0.6 is 0 Å². The molecule has 1 aromatic carbocycles. The maximum atomic E-state index is 11.5. The predicted molar refractivity (Wildman–Crippen MR) is 88.4 cm³/mol. The lowest BCUT2D eigenvalue weighted by molar-refractivity contribution is -0.149. The first-order valence-electron chi connectivity index (χ1n) is 7.62. The summed E-state index contributed by atoms with van der Waals surface area (Å²) in [7, 11) is 0. The summed E-state index contributed by atoms with van der Waals surface area (Å²) in [6, 6.07) is 7.67. The monoisotopic (exact) mass is 336 g/mol. The van der Waals surface area contributed by atoms with Gasteiger partial charge in [0.1, 0.15) is 5.75 Å². The zero-order chi connectivity index (χ0) is 18.2. The van der Waals surface area contributed by atoms with Crippen LogP contribution in [0, 0.1) is 0 Å². The maximum Gasteiger partial charge on any atom is 0.309 e. The van der Waals surface area contributed by atoms with Gasteiger partial charge >= 0.3 is 5.97 Å². The largest absolute Gasteiger partial charge is 0.493 e. The van der Waals surface area contributed by atoms with Gasteiger partial charge < -0.3 is 20.5 Å². The van der Waals surface area contributed by atoms with Crippen LogP contribution in [0.15, 0.2) is 24.3 Å². The average molecular weight is 336 g/mol. The Kier molecular flexibility index (Phi) is 7.23. The van der Waals surface area contributed by atoms with Gasteiger partial charge in [0.15, 0.2) is 6.61 Å². The molecule has 0 saturated carbocycles. The number of nitrogens with two attached hydrogens (primary N) is 1. The van der Waals surface area contributed by atoms with Crippen LogP contribution in [0.1, 0.15) is 32.8 Å². The second-order valence-corrected chi connectivity index (χ2v) is 6.28. The molecule has 0 saturated heterocycles. The molecule has 0 aliphatic carbocycles. The van der Waals surface area contributed by atoms with E-state index in [1.165, 1.54) is 5.56 Å². The molecule has 0 fully saturated rings. The van der Waals surface area contributed by atoms with Crippen LogP contribution < -0.4 is 15.8 Å². The predicted octanol–water partition coefficient (Wildman–Crippen LogP) is 0.898. The minimum atomic E-state index is -0.666. The molecule has 0 heterocycles. The standard InChI is InChI=1S/C17H24N2O5/c1-17(2,3)12-4-6-13(7-5-12)23-9-8-16(22)24-11-15(21)19-10-14(18)20/h4-7H,8-11H2,1-3H3,(H2,18,20)(H,19,21). The molecule has 0 spiro atoms. The van der Waals surface area contributed by atoms with E-state index in [0.29, 0.717) is 5.75 Å². The van der Waals surface area contributed by atoms with Crippen LogP contribution in [-0.2, 0) is 24.5 Å². The van der Waals surface area contributed by atoms with E-state index in [1.807, 2.05) is 24.3 Å². The van der Waals surface area contributed by atoms with Crippen molar-refractivity contribution in [3.05, 3.63) is 29.8 Å². The molecule has 0 bridgehead atoms. The summed E-state index contributed by atoms with van der Waals surface area (Å²) in [5.74, 6) is -1.15. The highest BCUT2D eigenvalue weighted by molar-refractivity contribution is 5.85. The number of carbonyl (C=O) groups is 3. The Morgan fingerprint density at radius 1 is 1.12 bits per heavy atom. The van der Waals surface area contributed by atoms with Gasteiger partial charge in [0.25, 0.3) is 5.91 Å². The summed E-state index contributed by atoms with van der Waals surface area (Å²) in [5, 5.41) is 2.21. The molecule has 1 aromatic rings. The molecule has 3 N–H and O–H groups in total. The summed E-state index contributed by atoms with van der Waals surface area (Å²) < 4.78 is 10.2. The van der Waals surface area contributed by atoms with E-state index in [1.54, 1.807) is 0 Å². The first-order valence-corrected chi connectivity index (χ1v) is 7.62. The summed E-state index contributed by atoms with van der Waals surface area (Å²) in [4.78, 5) is 33.2. The second-order valence-electron chi connectivity index (χ2n) is 6.28. The van der Waals surface area contributed by atoms with Gasteiger partial charge in [0, 0.05) is 0 Å². The van der Waals surface area contributed by atoms with E-state index in [4.69, 9.17) is 15.2 Å². The highest BCUT2D eigenvalue weighted by Gasteiger charge is 2.13. The van der Waals surface area contributed by atoms with Crippen molar-refractivity contribution in [1.29, 1.82) is 0 Å². The average Bonchev–Trinajstić information content (AvgIpc) is 2.50. The van der Waals surface area contributed by atoms with Crippen LogP contribution in [0.2, 0.25) is 0 Å². The topological polar surface area (TPSA) is 108 Å². The number of rotatable bonds is 8. The molecule has 7 heteroatoms. The first-order chi connectivity index (χ1) is 11.2. The van der Waals surface area contributed by atoms with E-state index >= 15 is 0 Å². The Morgan fingerprint density at radius 2 is 1.75 bits per heavy atom. The van der Waals surface area contributed by atoms with Gasteiger partial charge in [-0.2, -0.15) is 0 Å². The number of esters is 1. The molecule has 0 radical (unpaired) electrons. The Labute approximate surface area is 141 Å². The third-order valence-corrected chi connectivity index (χ3v) is 3.12. The van der Waals surface area contributed by atoms with Crippen molar-refractivity contribution >= 4 is 17.8 Å². The number of carbonyl (C=O) groups excluding carboxylic acids is 3. The molecular formula is C17H24N2O5.